The Hall–Kier alpha value is -1.97. The molecule has 0 spiro atoms. The van der Waals surface area contributed by atoms with Crippen molar-refractivity contribution in [1.82, 2.24) is 14.9 Å². The van der Waals surface area contributed by atoms with E-state index in [1.807, 2.05) is 12.1 Å². The van der Waals surface area contributed by atoms with Crippen molar-refractivity contribution in [1.29, 1.82) is 0 Å². The van der Waals surface area contributed by atoms with Crippen molar-refractivity contribution in [3.8, 4) is 0 Å². The molecule has 1 aromatic carbocycles. The first-order valence-electron chi connectivity index (χ1n) is 9.68. The first kappa shape index (κ1) is 22.3. The molecule has 0 saturated carbocycles. The maximum atomic E-state index is 12.9. The molecule has 0 bridgehead atoms. The summed E-state index contributed by atoms with van der Waals surface area (Å²) < 4.78 is 27.2. The van der Waals surface area contributed by atoms with E-state index in [1.54, 1.807) is 12.1 Å². The Balaban J connectivity index is 1.89. The highest BCUT2D eigenvalue weighted by Crippen LogP contribution is 2.22. The zero-order valence-electron chi connectivity index (χ0n) is 16.8. The summed E-state index contributed by atoms with van der Waals surface area (Å²) in [5.74, 6) is -0.0624. The predicted octanol–water partition coefficient (Wildman–Crippen LogP) is -1.05. The Labute approximate surface area is 167 Å². The molecule has 1 aromatic rings. The Morgan fingerprint density at radius 3 is 2.29 bits per heavy atom. The fourth-order valence-corrected chi connectivity index (χ4v) is 4.57. The fourth-order valence-electron chi connectivity index (χ4n) is 3.13. The van der Waals surface area contributed by atoms with Crippen LogP contribution in [0.4, 0.5) is 0 Å². The van der Waals surface area contributed by atoms with Crippen molar-refractivity contribution in [2.24, 2.45) is 0 Å². The third-order valence-electron chi connectivity index (χ3n) is 5.26. The number of nitrogens with zero attached hydrogens (tertiary/aromatic N) is 1. The van der Waals surface area contributed by atoms with E-state index in [0.29, 0.717) is 37.0 Å². The van der Waals surface area contributed by atoms with Crippen LogP contribution in [0.5, 0.6) is 0 Å². The molecule has 0 unspecified atom stereocenters. The van der Waals surface area contributed by atoms with Crippen LogP contribution in [0.15, 0.2) is 29.2 Å². The number of piperazine rings is 1. The minimum atomic E-state index is -3.52. The molecule has 28 heavy (non-hydrogen) atoms. The van der Waals surface area contributed by atoms with Crippen molar-refractivity contribution >= 4 is 21.8 Å². The molecule has 1 aliphatic rings. The number of hydrogen-bond donors (Lipinski definition) is 3. The van der Waals surface area contributed by atoms with Gasteiger partial charge in [0.15, 0.2) is 6.54 Å². The third-order valence-corrected chi connectivity index (χ3v) is 7.18. The van der Waals surface area contributed by atoms with Gasteiger partial charge in [-0.2, -0.15) is 4.31 Å². The monoisotopic (exact) mass is 411 g/mol. The molecule has 8 nitrogen and oxygen atoms in total. The van der Waals surface area contributed by atoms with Crippen LogP contribution in [0.3, 0.4) is 0 Å². The summed E-state index contributed by atoms with van der Waals surface area (Å²) in [5.41, 5.74) is 1.14. The lowest BCUT2D eigenvalue weighted by Gasteiger charge is -2.31. The van der Waals surface area contributed by atoms with Gasteiger partial charge in [-0.1, -0.05) is 26.0 Å². The van der Waals surface area contributed by atoms with Crippen LogP contribution in [0.2, 0.25) is 0 Å². The van der Waals surface area contributed by atoms with Crippen molar-refractivity contribution < 1.29 is 22.9 Å². The zero-order chi connectivity index (χ0) is 20.7. The summed E-state index contributed by atoms with van der Waals surface area (Å²) in [6.07, 6.45) is 1.01. The van der Waals surface area contributed by atoms with Crippen LogP contribution in [-0.4, -0.2) is 70.9 Å². The molecule has 3 N–H and O–H groups in total. The van der Waals surface area contributed by atoms with E-state index in [4.69, 9.17) is 0 Å². The molecule has 1 heterocycles. The second kappa shape index (κ2) is 9.99. The Kier molecular flexibility index (Phi) is 7.97. The van der Waals surface area contributed by atoms with Crippen LogP contribution in [-0.2, 0) is 19.6 Å². The number of rotatable bonds is 8. The van der Waals surface area contributed by atoms with Crippen molar-refractivity contribution in [2.45, 2.75) is 31.1 Å². The molecule has 1 saturated heterocycles. The number of amides is 2. The second-order valence-electron chi connectivity index (χ2n) is 7.16. The van der Waals surface area contributed by atoms with Crippen LogP contribution in [0.25, 0.3) is 0 Å². The first-order chi connectivity index (χ1) is 13.3. The molecule has 0 aromatic heterocycles. The SMILES string of the molecule is CC[C@@H](C)c1ccc(S(=O)(=O)N2CC[NH+](CC(=O)NCC(=O)NC)CC2)cc1. The minimum absolute atomic E-state index is 0.0459. The molecule has 2 amide bonds. The molecule has 156 valence electrons. The molecule has 1 fully saturated rings. The molecule has 1 aliphatic heterocycles. The van der Waals surface area contributed by atoms with Crippen molar-refractivity contribution in [3.05, 3.63) is 29.8 Å². The lowest BCUT2D eigenvalue weighted by molar-refractivity contribution is -0.895. The highest BCUT2D eigenvalue weighted by Gasteiger charge is 2.31. The van der Waals surface area contributed by atoms with Gasteiger partial charge in [0.25, 0.3) is 5.91 Å². The molecule has 0 radical (unpaired) electrons. The summed E-state index contributed by atoms with van der Waals surface area (Å²) in [7, 11) is -2.01. The summed E-state index contributed by atoms with van der Waals surface area (Å²) in [4.78, 5) is 24.4. The molecule has 0 aliphatic carbocycles. The van der Waals surface area contributed by atoms with Crippen LogP contribution in [0.1, 0.15) is 31.7 Å². The number of nitrogens with one attached hydrogen (secondary N) is 3. The van der Waals surface area contributed by atoms with Gasteiger partial charge in [0.1, 0.15) is 0 Å². The number of sulfonamides is 1. The van der Waals surface area contributed by atoms with Gasteiger partial charge in [-0.25, -0.2) is 8.42 Å². The summed E-state index contributed by atoms with van der Waals surface area (Å²) in [6, 6.07) is 7.14. The highest BCUT2D eigenvalue weighted by molar-refractivity contribution is 7.89. The van der Waals surface area contributed by atoms with E-state index in [9.17, 15) is 18.0 Å². The van der Waals surface area contributed by atoms with E-state index >= 15 is 0 Å². The lowest BCUT2D eigenvalue weighted by atomic mass is 9.99. The van der Waals surface area contributed by atoms with E-state index in [2.05, 4.69) is 24.5 Å². The quantitative estimate of drug-likeness (QED) is 0.508. The topological polar surface area (TPSA) is 100 Å². The average Bonchev–Trinajstić information content (AvgIpc) is 2.71. The second-order valence-corrected chi connectivity index (χ2v) is 9.10. The Bertz CT molecular complexity index is 772. The Morgan fingerprint density at radius 2 is 1.75 bits per heavy atom. The predicted molar refractivity (Wildman–Crippen MR) is 107 cm³/mol. The van der Waals surface area contributed by atoms with Gasteiger partial charge in [-0.3, -0.25) is 9.59 Å². The van der Waals surface area contributed by atoms with Gasteiger partial charge >= 0.3 is 0 Å². The minimum Gasteiger partial charge on any atom is -0.358 e. The smallest absolute Gasteiger partial charge is 0.275 e. The third kappa shape index (κ3) is 5.76. The van der Waals surface area contributed by atoms with Gasteiger partial charge in [0.2, 0.25) is 15.9 Å². The Morgan fingerprint density at radius 1 is 1.14 bits per heavy atom. The van der Waals surface area contributed by atoms with E-state index < -0.39 is 10.0 Å². The maximum absolute atomic E-state index is 12.9. The average molecular weight is 412 g/mol. The zero-order valence-corrected chi connectivity index (χ0v) is 17.6. The van der Waals surface area contributed by atoms with Crippen LogP contribution in [0, 0.1) is 0 Å². The van der Waals surface area contributed by atoms with E-state index in [1.165, 1.54) is 11.4 Å². The maximum Gasteiger partial charge on any atom is 0.275 e. The van der Waals surface area contributed by atoms with Crippen molar-refractivity contribution in [2.75, 3.05) is 46.3 Å². The molecule has 1 atom stereocenters. The van der Waals surface area contributed by atoms with Gasteiger partial charge in [0, 0.05) is 7.05 Å². The summed E-state index contributed by atoms with van der Waals surface area (Å²) >= 11 is 0. The number of carbonyl (C=O) groups excluding carboxylic acids is 2. The van der Waals surface area contributed by atoms with Gasteiger partial charge in [-0.15, -0.1) is 0 Å². The molecule has 9 heteroatoms. The highest BCUT2D eigenvalue weighted by atomic mass is 32.2. The molecular weight excluding hydrogens is 380 g/mol. The van der Waals surface area contributed by atoms with Crippen LogP contribution < -0.4 is 15.5 Å². The fraction of sp³-hybridized carbons (Fsp3) is 0.579. The van der Waals surface area contributed by atoms with Gasteiger partial charge in [0.05, 0.1) is 37.6 Å². The van der Waals surface area contributed by atoms with Crippen molar-refractivity contribution in [3.63, 3.8) is 0 Å². The molecular formula is C19H31N4O4S+. The normalized spacial score (nSPS) is 17.1. The first-order valence-corrected chi connectivity index (χ1v) is 11.1. The number of benzene rings is 1. The molecule has 2 rings (SSSR count). The van der Waals surface area contributed by atoms with E-state index in [0.717, 1.165) is 16.9 Å². The standard InChI is InChI=1S/C19H30N4O4S/c1-4-15(2)16-5-7-17(8-6-16)28(26,27)23-11-9-22(10-12-23)14-19(25)21-13-18(24)20-3/h5-8,15H,4,9-14H2,1-3H3,(H,20,24)(H,21,25)/p+1/t15-/m1/s1. The number of quaternary nitrogens is 1. The van der Waals surface area contributed by atoms with Gasteiger partial charge < -0.3 is 15.5 Å². The number of carbonyl (C=O) groups is 2. The number of hydrogen-bond acceptors (Lipinski definition) is 4. The largest absolute Gasteiger partial charge is 0.358 e. The summed E-state index contributed by atoms with van der Waals surface area (Å²) in [5, 5.41) is 5.00. The summed E-state index contributed by atoms with van der Waals surface area (Å²) in [6.45, 7) is 6.26. The van der Waals surface area contributed by atoms with Gasteiger partial charge in [-0.05, 0) is 30.0 Å². The van der Waals surface area contributed by atoms with Crippen LogP contribution >= 0.6 is 0 Å². The number of likely N-dealkylation sites (N-methyl/N-ethyl adjacent to an activating group) is 1. The van der Waals surface area contributed by atoms with E-state index in [-0.39, 0.29) is 24.9 Å². The lowest BCUT2D eigenvalue weighted by Crippen LogP contribution is -3.15.